The summed E-state index contributed by atoms with van der Waals surface area (Å²) < 4.78 is 5.23. The van der Waals surface area contributed by atoms with Crippen LogP contribution >= 0.6 is 11.6 Å². The van der Waals surface area contributed by atoms with Gasteiger partial charge in [-0.2, -0.15) is 0 Å². The van der Waals surface area contributed by atoms with E-state index in [9.17, 15) is 14.7 Å². The van der Waals surface area contributed by atoms with Gasteiger partial charge >= 0.3 is 5.97 Å². The fourth-order valence-corrected chi connectivity index (χ4v) is 3.73. The van der Waals surface area contributed by atoms with E-state index in [0.29, 0.717) is 22.8 Å². The van der Waals surface area contributed by atoms with Crippen LogP contribution in [0, 0.1) is 5.92 Å². The predicted octanol–water partition coefficient (Wildman–Crippen LogP) is 3.96. The molecule has 0 saturated heterocycles. The Morgan fingerprint density at radius 2 is 2.00 bits per heavy atom. The maximum absolute atomic E-state index is 12.8. The van der Waals surface area contributed by atoms with Crippen molar-refractivity contribution in [3.63, 3.8) is 0 Å². The highest BCUT2D eigenvalue weighted by atomic mass is 35.5. The van der Waals surface area contributed by atoms with Crippen LogP contribution in [0.4, 0.5) is 0 Å². The van der Waals surface area contributed by atoms with Crippen LogP contribution in [0.15, 0.2) is 48.5 Å². The number of carboxylic acid groups (broad SMARTS) is 1. The van der Waals surface area contributed by atoms with E-state index in [-0.39, 0.29) is 24.2 Å². The average Bonchev–Trinajstić information content (AvgIpc) is 3.42. The number of methoxy groups -OCH3 is 1. The molecule has 0 spiro atoms. The molecule has 1 aliphatic carbocycles. The number of carbonyl (C=O) groups is 2. The lowest BCUT2D eigenvalue weighted by molar-refractivity contribution is -0.139. The van der Waals surface area contributed by atoms with Gasteiger partial charge in [-0.3, -0.25) is 9.59 Å². The van der Waals surface area contributed by atoms with E-state index in [4.69, 9.17) is 16.3 Å². The van der Waals surface area contributed by atoms with Crippen molar-refractivity contribution in [1.29, 1.82) is 0 Å². The quantitative estimate of drug-likeness (QED) is 0.754. The molecule has 3 unspecified atom stereocenters. The van der Waals surface area contributed by atoms with E-state index >= 15 is 0 Å². The van der Waals surface area contributed by atoms with Gasteiger partial charge in [0.2, 0.25) is 5.91 Å². The maximum Gasteiger partial charge on any atom is 0.306 e. The molecule has 3 rings (SSSR count). The smallest absolute Gasteiger partial charge is 0.306 e. The summed E-state index contributed by atoms with van der Waals surface area (Å²) in [6, 6.07) is 14.6. The van der Waals surface area contributed by atoms with E-state index in [1.165, 1.54) is 0 Å². The van der Waals surface area contributed by atoms with Gasteiger partial charge < -0.3 is 15.2 Å². The van der Waals surface area contributed by atoms with Crippen LogP contribution in [0.1, 0.15) is 36.8 Å². The normalized spacial score (nSPS) is 20.4. The Morgan fingerprint density at radius 3 is 2.67 bits per heavy atom. The Morgan fingerprint density at radius 1 is 1.26 bits per heavy atom. The summed E-state index contributed by atoms with van der Waals surface area (Å²) in [5.74, 6) is -0.675. The number of hydrogen-bond donors (Lipinski definition) is 2. The molecule has 142 valence electrons. The summed E-state index contributed by atoms with van der Waals surface area (Å²) in [4.78, 5) is 24.3. The minimum absolute atomic E-state index is 0.0677. The lowest BCUT2D eigenvalue weighted by Gasteiger charge is -2.30. The molecule has 2 aromatic carbocycles. The molecule has 1 amide bonds. The Labute approximate surface area is 163 Å². The Balaban J connectivity index is 1.80. The van der Waals surface area contributed by atoms with Gasteiger partial charge in [-0.1, -0.05) is 41.9 Å². The average molecular weight is 388 g/mol. The van der Waals surface area contributed by atoms with Crippen molar-refractivity contribution in [2.75, 3.05) is 7.11 Å². The molecule has 27 heavy (non-hydrogen) atoms. The van der Waals surface area contributed by atoms with Crippen LogP contribution in [0.5, 0.6) is 5.75 Å². The van der Waals surface area contributed by atoms with Crippen molar-refractivity contribution in [3.05, 3.63) is 64.7 Å². The topological polar surface area (TPSA) is 75.6 Å². The molecule has 2 N–H and O–H groups in total. The zero-order valence-electron chi connectivity index (χ0n) is 15.2. The Bertz CT molecular complexity index is 869. The molecule has 0 aromatic heterocycles. The first kappa shape index (κ1) is 19.2. The number of amides is 1. The van der Waals surface area contributed by atoms with Crippen molar-refractivity contribution < 1.29 is 19.4 Å². The van der Waals surface area contributed by atoms with Gasteiger partial charge in [0, 0.05) is 10.9 Å². The molecule has 1 aliphatic rings. The van der Waals surface area contributed by atoms with E-state index in [2.05, 4.69) is 5.32 Å². The van der Waals surface area contributed by atoms with Gasteiger partial charge in [0.25, 0.3) is 0 Å². The van der Waals surface area contributed by atoms with Crippen LogP contribution in [-0.2, 0) is 15.1 Å². The number of benzene rings is 2. The minimum Gasteiger partial charge on any atom is -0.497 e. The van der Waals surface area contributed by atoms with Gasteiger partial charge in [0.05, 0.1) is 19.1 Å². The summed E-state index contributed by atoms with van der Waals surface area (Å²) in [5, 5.41) is 13.0. The standard InChI is InChI=1S/C21H22ClNO4/c1-21(12-19(24)25,13-6-5-7-14(10-13)27-2)23-20(26)17-11-16(17)15-8-3-4-9-18(15)22/h3-10,16-17H,11-12H2,1-2H3,(H,23,26)(H,24,25). The third-order valence-corrected chi connectivity index (χ3v) is 5.39. The molecule has 3 atom stereocenters. The molecule has 5 nitrogen and oxygen atoms in total. The zero-order valence-corrected chi connectivity index (χ0v) is 16.0. The van der Waals surface area contributed by atoms with Crippen molar-refractivity contribution in [2.45, 2.75) is 31.2 Å². The third-order valence-electron chi connectivity index (χ3n) is 5.04. The van der Waals surface area contributed by atoms with E-state index in [1.54, 1.807) is 38.3 Å². The molecule has 2 aromatic rings. The first-order valence-electron chi connectivity index (χ1n) is 8.77. The Hall–Kier alpha value is -2.53. The number of halogens is 1. The van der Waals surface area contributed by atoms with Crippen LogP contribution < -0.4 is 10.1 Å². The second-order valence-corrected chi connectivity index (χ2v) is 7.50. The monoisotopic (exact) mass is 387 g/mol. The zero-order chi connectivity index (χ0) is 19.6. The third kappa shape index (κ3) is 4.25. The van der Waals surface area contributed by atoms with Crippen molar-refractivity contribution in [3.8, 4) is 5.75 Å². The first-order valence-corrected chi connectivity index (χ1v) is 9.14. The van der Waals surface area contributed by atoms with Gasteiger partial charge in [-0.25, -0.2) is 0 Å². The highest BCUT2D eigenvalue weighted by molar-refractivity contribution is 6.31. The van der Waals surface area contributed by atoms with Crippen LogP contribution in [-0.4, -0.2) is 24.1 Å². The number of rotatable bonds is 7. The van der Waals surface area contributed by atoms with E-state index in [1.807, 2.05) is 24.3 Å². The van der Waals surface area contributed by atoms with Gasteiger partial charge in [0.15, 0.2) is 0 Å². The summed E-state index contributed by atoms with van der Waals surface area (Å²) in [6.45, 7) is 1.72. The highest BCUT2D eigenvalue weighted by Crippen LogP contribution is 2.50. The second kappa shape index (κ2) is 7.61. The number of aliphatic carboxylic acids is 1. The molecule has 0 radical (unpaired) electrons. The summed E-state index contributed by atoms with van der Waals surface area (Å²) >= 11 is 6.24. The summed E-state index contributed by atoms with van der Waals surface area (Å²) in [5.41, 5.74) is 0.610. The van der Waals surface area contributed by atoms with Gasteiger partial charge in [-0.05, 0) is 48.6 Å². The van der Waals surface area contributed by atoms with Crippen molar-refractivity contribution in [1.82, 2.24) is 5.32 Å². The minimum atomic E-state index is -1.04. The fourth-order valence-electron chi connectivity index (χ4n) is 3.46. The van der Waals surface area contributed by atoms with E-state index in [0.717, 1.165) is 5.56 Å². The number of carbonyl (C=O) groups excluding carboxylic acids is 1. The first-order chi connectivity index (χ1) is 12.8. The number of ether oxygens (including phenoxy) is 1. The summed E-state index contributed by atoms with van der Waals surface area (Å²) in [7, 11) is 1.55. The number of carboxylic acids is 1. The molecule has 0 heterocycles. The Kier molecular flexibility index (Phi) is 5.42. The van der Waals surface area contributed by atoms with Crippen molar-refractivity contribution in [2.24, 2.45) is 5.92 Å². The largest absolute Gasteiger partial charge is 0.497 e. The molecular formula is C21H22ClNO4. The van der Waals surface area contributed by atoms with E-state index < -0.39 is 11.5 Å². The van der Waals surface area contributed by atoms with Crippen molar-refractivity contribution >= 4 is 23.5 Å². The predicted molar refractivity (Wildman–Crippen MR) is 103 cm³/mol. The molecule has 0 aliphatic heterocycles. The molecule has 1 fully saturated rings. The van der Waals surface area contributed by atoms with Gasteiger partial charge in [0.1, 0.15) is 5.75 Å². The molecule has 1 saturated carbocycles. The molecular weight excluding hydrogens is 366 g/mol. The number of hydrogen-bond acceptors (Lipinski definition) is 3. The molecule has 0 bridgehead atoms. The van der Waals surface area contributed by atoms with Crippen LogP contribution in [0.2, 0.25) is 5.02 Å². The SMILES string of the molecule is COc1cccc(C(C)(CC(=O)O)NC(=O)C2CC2c2ccccc2Cl)c1. The molecule has 6 heteroatoms. The highest BCUT2D eigenvalue weighted by Gasteiger charge is 2.47. The van der Waals surface area contributed by atoms with Crippen LogP contribution in [0.25, 0.3) is 0 Å². The maximum atomic E-state index is 12.8. The number of nitrogens with one attached hydrogen (secondary N) is 1. The fraction of sp³-hybridized carbons (Fsp3) is 0.333. The lowest BCUT2D eigenvalue weighted by atomic mass is 9.88. The lowest BCUT2D eigenvalue weighted by Crippen LogP contribution is -2.45. The van der Waals surface area contributed by atoms with Gasteiger partial charge in [-0.15, -0.1) is 0 Å². The van der Waals surface area contributed by atoms with Crippen LogP contribution in [0.3, 0.4) is 0 Å². The summed E-state index contributed by atoms with van der Waals surface area (Å²) in [6.07, 6.45) is 0.478. The second-order valence-electron chi connectivity index (χ2n) is 7.09.